The van der Waals surface area contributed by atoms with Crippen LogP contribution in [0.1, 0.15) is 0 Å². The van der Waals surface area contributed by atoms with E-state index in [4.69, 9.17) is 0 Å². The SMILES string of the molecule is [Sb].[Sb].[Sb].[Sr].[Sr].[Sr][Sr][Sr]. The van der Waals surface area contributed by atoms with Gasteiger partial charge in [0.25, 0.3) is 0 Å². The van der Waals surface area contributed by atoms with Crippen molar-refractivity contribution in [1.82, 2.24) is 0 Å². The van der Waals surface area contributed by atoms with Gasteiger partial charge in [0.15, 0.2) is 0 Å². The van der Waals surface area contributed by atoms with E-state index in [-0.39, 0.29) is 164 Å². The van der Waals surface area contributed by atoms with Gasteiger partial charge in [0.2, 0.25) is 0 Å². The first-order valence-electron chi connectivity index (χ1n) is 1.000. The number of rotatable bonds is 0. The van der Waals surface area contributed by atoms with Crippen molar-refractivity contribution in [2.75, 3.05) is 0 Å². The third-order valence-electron chi connectivity index (χ3n) is 0. The van der Waals surface area contributed by atoms with Crippen molar-refractivity contribution in [3.05, 3.63) is 0 Å². The van der Waals surface area contributed by atoms with Gasteiger partial charge in [0.05, 0.1) is 0 Å². The van der Waals surface area contributed by atoms with E-state index in [2.05, 4.69) is 0 Å². The van der Waals surface area contributed by atoms with Crippen molar-refractivity contribution < 1.29 is 0 Å². The minimum atomic E-state index is 0. The maximum atomic E-state index is 1.48. The summed E-state index contributed by atoms with van der Waals surface area (Å²) in [6, 6.07) is 0. The molecule has 0 aliphatic carbocycles. The molecule has 0 saturated carbocycles. The van der Waals surface area contributed by atoms with Crippen LogP contribution in [0.4, 0.5) is 0 Å². The molecular formula is Sb3Sr5. The van der Waals surface area contributed by atoms with Gasteiger partial charge in [-0.3, -0.25) is 0 Å². The van der Waals surface area contributed by atoms with Crippen LogP contribution in [-0.4, -0.2) is 236 Å². The monoisotopic (exact) mass is 802 g/mol. The van der Waals surface area contributed by atoms with Crippen molar-refractivity contribution in [3.8, 4) is 0 Å². The predicted octanol–water partition coefficient (Wildman–Crippen LogP) is -3.05. The Bertz CT molecular complexity index is 7.64. The fraction of sp³-hybridized carbons (Fsp3) is 0. The molecule has 0 N–H and O–H groups in total. The normalized spacial score (nSPS) is 0.750. The molecule has 8 heavy (non-hydrogen) atoms. The topological polar surface area (TPSA) is 0 Å². The van der Waals surface area contributed by atoms with E-state index in [1.165, 1.54) is 58.6 Å². The quantitative estimate of drug-likeness (QED) is 0.229. The number of hydrogen-bond acceptors (Lipinski definition) is 0. The van der Waals surface area contributed by atoms with Crippen molar-refractivity contribution in [2.24, 2.45) is 0 Å². The van der Waals surface area contributed by atoms with Gasteiger partial charge >= 0.3 is 71.8 Å². The van der Waals surface area contributed by atoms with E-state index < -0.39 is 0 Å². The third kappa shape index (κ3) is 36.0. The molecule has 0 atom stereocenters. The zero-order valence-electron chi connectivity index (χ0n) is 4.88. The first kappa shape index (κ1) is 36.1. The van der Waals surface area contributed by atoms with E-state index in [1.807, 2.05) is 0 Å². The van der Waals surface area contributed by atoms with Gasteiger partial charge in [-0.1, -0.05) is 0 Å². The molecule has 0 aliphatic heterocycles. The molecule has 8 heteroatoms. The molecule has 0 amide bonds. The molecule has 0 aromatic rings. The second-order valence-electron chi connectivity index (χ2n) is 0.354. The Morgan fingerprint density at radius 2 is 0.750 bits per heavy atom. The van der Waals surface area contributed by atoms with Gasteiger partial charge in [-0.15, -0.1) is 0 Å². The molecule has 0 bridgehead atoms. The van der Waals surface area contributed by atoms with Crippen LogP contribution in [-0.2, 0) is 0 Å². The summed E-state index contributed by atoms with van der Waals surface area (Å²) in [6.45, 7) is 0. The summed E-state index contributed by atoms with van der Waals surface area (Å²) in [6.07, 6.45) is 0. The zero-order chi connectivity index (χ0) is 2.71. The Morgan fingerprint density at radius 3 is 0.750 bits per heavy atom. The van der Waals surface area contributed by atoms with Crippen LogP contribution in [0, 0.1) is 0 Å². The Balaban J connectivity index is -0.00000000200. The van der Waals surface area contributed by atoms with Crippen molar-refractivity contribution in [2.45, 2.75) is 0 Å². The van der Waals surface area contributed by atoms with Crippen LogP contribution in [0.3, 0.4) is 0 Å². The van der Waals surface area contributed by atoms with E-state index in [9.17, 15) is 0 Å². The maximum absolute atomic E-state index is 1.48. The standard InChI is InChI=1S/3Sb.5Sr. The first-order valence-corrected chi connectivity index (χ1v) is 35.0. The molecule has 0 rings (SSSR count). The molecule has 0 aromatic carbocycles. The zero-order valence-corrected chi connectivity index (χ0v) is 29.9. The summed E-state index contributed by atoms with van der Waals surface area (Å²) < 4.78 is 0. The summed E-state index contributed by atoms with van der Waals surface area (Å²) in [5, 5.41) is 0. The van der Waals surface area contributed by atoms with Crippen molar-refractivity contribution in [3.63, 3.8) is 0 Å². The molecule has 0 aromatic heterocycles. The molecule has 0 nitrogen and oxygen atoms in total. The molecule has 15 radical (unpaired) electrons. The van der Waals surface area contributed by atoms with Gasteiger partial charge < -0.3 is 0 Å². The number of hydrogen-bond donors (Lipinski definition) is 0. The summed E-state index contributed by atoms with van der Waals surface area (Å²) in [7, 11) is 0. The van der Waals surface area contributed by atoms with Gasteiger partial charge in [-0.25, -0.2) is 0 Å². The van der Waals surface area contributed by atoms with Crippen molar-refractivity contribution in [1.29, 1.82) is 0 Å². The molecule has 0 aliphatic rings. The van der Waals surface area contributed by atoms with Crippen LogP contribution in [0.5, 0.6) is 0 Å². The Hall–Kier alpha value is 9.86. The predicted molar refractivity (Wildman–Crippen MR) is 46.0 cm³/mol. The minimum absolute atomic E-state index is 0. The van der Waals surface area contributed by atoms with Crippen molar-refractivity contribution >= 4 is 236 Å². The van der Waals surface area contributed by atoms with Crippen LogP contribution in [0.25, 0.3) is 0 Å². The van der Waals surface area contributed by atoms with Gasteiger partial charge in [0.1, 0.15) is 0 Å². The second-order valence-corrected chi connectivity index (χ2v) is 73.2. The Labute approximate surface area is 224 Å². The fourth-order valence-electron chi connectivity index (χ4n) is 0. The summed E-state index contributed by atoms with van der Waals surface area (Å²) in [4.78, 5) is 0. The average molecular weight is 803 g/mol. The van der Waals surface area contributed by atoms with E-state index >= 15 is 0 Å². The van der Waals surface area contributed by atoms with Crippen LogP contribution in [0.2, 0.25) is 0 Å². The summed E-state index contributed by atoms with van der Waals surface area (Å²) >= 11 is 3.30. The van der Waals surface area contributed by atoms with E-state index in [0.29, 0.717) is 13.2 Å². The Morgan fingerprint density at radius 1 is 0.750 bits per heavy atom. The van der Waals surface area contributed by atoms with E-state index in [0.717, 1.165) is 0 Å². The molecule has 25 valence electrons. The van der Waals surface area contributed by atoms with Gasteiger partial charge in [0, 0.05) is 164 Å². The molecular weight excluding hydrogens is 803 g/mol. The average Bonchev–Trinajstić information content (AvgIpc) is 0.918. The Kier molecular flexibility index (Phi) is 162. The van der Waals surface area contributed by atoms with Crippen LogP contribution < -0.4 is 0 Å². The summed E-state index contributed by atoms with van der Waals surface area (Å²) in [5.74, 6) is 0. The second kappa shape index (κ2) is 36.0. The third-order valence-corrected chi connectivity index (χ3v) is 0. The van der Waals surface area contributed by atoms with E-state index in [1.54, 1.807) is 0 Å². The molecule has 0 fully saturated rings. The first-order chi connectivity index (χ1) is 1.41. The molecule has 0 spiro atoms. The van der Waals surface area contributed by atoms with Crippen LogP contribution in [0.15, 0.2) is 0 Å². The van der Waals surface area contributed by atoms with Crippen LogP contribution >= 0.6 is 0 Å². The molecule has 0 unspecified atom stereocenters. The van der Waals surface area contributed by atoms with Gasteiger partial charge in [-0.05, 0) is 0 Å². The molecule has 0 saturated heterocycles. The summed E-state index contributed by atoms with van der Waals surface area (Å²) in [5.41, 5.74) is 0. The molecule has 0 heterocycles. The fourth-order valence-corrected chi connectivity index (χ4v) is 0. The van der Waals surface area contributed by atoms with Gasteiger partial charge in [-0.2, -0.15) is 0 Å².